The Labute approximate surface area is 247 Å². The van der Waals surface area contributed by atoms with Crippen molar-refractivity contribution in [3.8, 4) is 11.1 Å². The van der Waals surface area contributed by atoms with Crippen LogP contribution in [0.1, 0.15) is 48.0 Å². The number of ether oxygens (including phenoxy) is 3. The van der Waals surface area contributed by atoms with Gasteiger partial charge in [0.15, 0.2) is 6.29 Å². The molecule has 5 unspecified atom stereocenters. The Bertz CT molecular complexity index is 1350. The normalized spacial score (nSPS) is 24.3. The third-order valence-electron chi connectivity index (χ3n) is 8.00. The molecule has 1 amide bonds. The molecule has 2 saturated heterocycles. The maximum atomic E-state index is 11.8. The Kier molecular flexibility index (Phi) is 10.0. The topological polar surface area (TPSA) is 100 Å². The number of likely N-dealkylation sites (tertiary alicyclic amines) is 1. The standard InChI is InChI=1S/C34H40N2O6/c1-3-16-40-34(39)35-19-25-6-4-7-27(17-25)28-8-5-9-29(18-28)33-41-31(21-36-15-14-30(38)20-36)23(2)32(42-33)26-12-10-24(22-37)11-13-26/h3-13,17-18,23,30-33,37-38H,1,14-16,19-22H2,2H3,(H,35,39). The zero-order chi connectivity index (χ0) is 29.5. The molecule has 0 aliphatic carbocycles. The van der Waals surface area contributed by atoms with Crippen molar-refractivity contribution in [3.63, 3.8) is 0 Å². The number of aliphatic hydroxyl groups excluding tert-OH is 2. The lowest BCUT2D eigenvalue weighted by atomic mass is 9.90. The highest BCUT2D eigenvalue weighted by Gasteiger charge is 2.40. The van der Waals surface area contributed by atoms with E-state index in [0.717, 1.165) is 46.3 Å². The number of β-amino-alcohol motifs (C(OH)–C–C–N with tert-alkyl or cyclic N) is 1. The van der Waals surface area contributed by atoms with Crippen molar-refractivity contribution in [3.05, 3.63) is 108 Å². The Morgan fingerprint density at radius 2 is 1.81 bits per heavy atom. The maximum Gasteiger partial charge on any atom is 0.407 e. The number of alkyl carbamates (subject to hydrolysis) is 1. The number of rotatable bonds is 10. The van der Waals surface area contributed by atoms with Gasteiger partial charge in [0, 0.05) is 37.7 Å². The van der Waals surface area contributed by atoms with Crippen LogP contribution in [0.5, 0.6) is 0 Å². The van der Waals surface area contributed by atoms with Gasteiger partial charge in [0.1, 0.15) is 6.61 Å². The van der Waals surface area contributed by atoms with E-state index in [-0.39, 0.29) is 37.4 Å². The van der Waals surface area contributed by atoms with Crippen molar-refractivity contribution in [2.24, 2.45) is 5.92 Å². The van der Waals surface area contributed by atoms with Gasteiger partial charge >= 0.3 is 6.09 Å². The van der Waals surface area contributed by atoms with Gasteiger partial charge in [-0.15, -0.1) is 0 Å². The van der Waals surface area contributed by atoms with Crippen LogP contribution in [0.4, 0.5) is 4.79 Å². The number of nitrogens with zero attached hydrogens (tertiary/aromatic N) is 1. The third kappa shape index (κ3) is 7.45. The third-order valence-corrected chi connectivity index (χ3v) is 8.00. The van der Waals surface area contributed by atoms with Crippen LogP contribution in [0.2, 0.25) is 0 Å². The lowest BCUT2D eigenvalue weighted by Gasteiger charge is -2.42. The zero-order valence-electron chi connectivity index (χ0n) is 24.0. The minimum absolute atomic E-state index is 0.00352. The summed E-state index contributed by atoms with van der Waals surface area (Å²) in [5.41, 5.74) is 5.79. The molecule has 2 heterocycles. The summed E-state index contributed by atoms with van der Waals surface area (Å²) in [5, 5.41) is 22.4. The van der Waals surface area contributed by atoms with E-state index in [0.29, 0.717) is 19.6 Å². The Morgan fingerprint density at radius 1 is 1.05 bits per heavy atom. The highest BCUT2D eigenvalue weighted by molar-refractivity contribution is 5.68. The lowest BCUT2D eigenvalue weighted by Crippen LogP contribution is -2.44. The number of hydrogen-bond acceptors (Lipinski definition) is 7. The van der Waals surface area contributed by atoms with Gasteiger partial charge in [-0.25, -0.2) is 4.79 Å². The molecule has 0 saturated carbocycles. The van der Waals surface area contributed by atoms with Gasteiger partial charge in [-0.3, -0.25) is 4.90 Å². The van der Waals surface area contributed by atoms with Gasteiger partial charge in [0.05, 0.1) is 24.9 Å². The molecule has 222 valence electrons. The molecule has 3 aromatic carbocycles. The molecule has 0 spiro atoms. The highest BCUT2D eigenvalue weighted by Crippen LogP contribution is 2.42. The van der Waals surface area contributed by atoms with Gasteiger partial charge in [-0.2, -0.15) is 0 Å². The van der Waals surface area contributed by atoms with Crippen LogP contribution in [0.25, 0.3) is 11.1 Å². The molecule has 2 fully saturated rings. The van der Waals surface area contributed by atoms with Crippen molar-refractivity contribution in [1.29, 1.82) is 0 Å². The van der Waals surface area contributed by atoms with Crippen molar-refractivity contribution in [2.75, 3.05) is 26.2 Å². The average molecular weight is 573 g/mol. The average Bonchev–Trinajstić information content (AvgIpc) is 3.44. The quantitative estimate of drug-likeness (QED) is 0.290. The van der Waals surface area contributed by atoms with Gasteiger partial charge in [0.2, 0.25) is 0 Å². The molecule has 5 rings (SSSR count). The summed E-state index contributed by atoms with van der Waals surface area (Å²) in [5.74, 6) is 0.0736. The van der Waals surface area contributed by atoms with E-state index >= 15 is 0 Å². The van der Waals surface area contributed by atoms with Crippen LogP contribution in [0.3, 0.4) is 0 Å². The zero-order valence-corrected chi connectivity index (χ0v) is 24.0. The fourth-order valence-corrected chi connectivity index (χ4v) is 5.65. The Morgan fingerprint density at radius 3 is 2.52 bits per heavy atom. The predicted octanol–water partition coefficient (Wildman–Crippen LogP) is 5.12. The molecule has 8 heteroatoms. The Balaban J connectivity index is 1.36. The van der Waals surface area contributed by atoms with Crippen LogP contribution >= 0.6 is 0 Å². The summed E-state index contributed by atoms with van der Waals surface area (Å²) in [7, 11) is 0. The van der Waals surface area contributed by atoms with E-state index in [4.69, 9.17) is 14.2 Å². The van der Waals surface area contributed by atoms with E-state index in [2.05, 4.69) is 29.8 Å². The molecular formula is C34H40N2O6. The maximum absolute atomic E-state index is 11.8. The van der Waals surface area contributed by atoms with Gasteiger partial charge in [0.25, 0.3) is 0 Å². The van der Waals surface area contributed by atoms with Crippen LogP contribution in [0, 0.1) is 5.92 Å². The number of aliphatic hydroxyl groups is 2. The van der Waals surface area contributed by atoms with Crippen LogP contribution in [-0.4, -0.2) is 59.7 Å². The van der Waals surface area contributed by atoms with Crippen LogP contribution < -0.4 is 5.32 Å². The van der Waals surface area contributed by atoms with Gasteiger partial charge < -0.3 is 29.7 Å². The first kappa shape index (κ1) is 29.9. The molecule has 8 nitrogen and oxygen atoms in total. The summed E-state index contributed by atoms with van der Waals surface area (Å²) in [6, 6.07) is 24.1. The molecular weight excluding hydrogens is 532 g/mol. The van der Waals surface area contributed by atoms with E-state index in [9.17, 15) is 15.0 Å². The minimum Gasteiger partial charge on any atom is -0.445 e. The fraction of sp³-hybridized carbons (Fsp3) is 0.382. The first-order chi connectivity index (χ1) is 20.4. The van der Waals surface area contributed by atoms with Crippen LogP contribution in [-0.2, 0) is 27.4 Å². The molecule has 3 N–H and O–H groups in total. The second kappa shape index (κ2) is 14.1. The smallest absolute Gasteiger partial charge is 0.407 e. The monoisotopic (exact) mass is 572 g/mol. The van der Waals surface area contributed by atoms with E-state index in [1.165, 1.54) is 6.08 Å². The molecule has 2 aliphatic heterocycles. The summed E-state index contributed by atoms with van der Waals surface area (Å²) in [4.78, 5) is 14.1. The number of hydrogen-bond donors (Lipinski definition) is 3. The molecule has 5 atom stereocenters. The lowest BCUT2D eigenvalue weighted by molar-refractivity contribution is -0.276. The predicted molar refractivity (Wildman–Crippen MR) is 160 cm³/mol. The number of benzene rings is 3. The number of carbonyl (C=O) groups excluding carboxylic acids is 1. The first-order valence-electron chi connectivity index (χ1n) is 14.6. The summed E-state index contributed by atoms with van der Waals surface area (Å²) in [6.07, 6.45) is 0.649. The molecule has 0 aromatic heterocycles. The largest absolute Gasteiger partial charge is 0.445 e. The first-order valence-corrected chi connectivity index (χ1v) is 14.6. The van der Waals surface area contributed by atoms with Gasteiger partial charge in [-0.1, -0.05) is 80.2 Å². The van der Waals surface area contributed by atoms with E-state index < -0.39 is 12.4 Å². The van der Waals surface area contributed by atoms with Crippen molar-refractivity contribution in [2.45, 2.75) is 51.1 Å². The molecule has 3 aromatic rings. The van der Waals surface area contributed by atoms with E-state index in [1.807, 2.05) is 66.7 Å². The fourth-order valence-electron chi connectivity index (χ4n) is 5.65. The minimum atomic E-state index is -0.578. The molecule has 0 bridgehead atoms. The number of amides is 1. The molecule has 0 radical (unpaired) electrons. The van der Waals surface area contributed by atoms with Crippen molar-refractivity contribution < 1.29 is 29.2 Å². The van der Waals surface area contributed by atoms with Crippen LogP contribution in [0.15, 0.2) is 85.5 Å². The van der Waals surface area contributed by atoms with Gasteiger partial charge in [-0.05, 0) is 46.4 Å². The SMILES string of the molecule is C=CCOC(=O)NCc1cccc(-c2cccc(C3OC(CN4CCC(O)C4)C(C)C(c4ccc(CO)cc4)O3)c2)c1. The van der Waals surface area contributed by atoms with Crippen molar-refractivity contribution in [1.82, 2.24) is 10.2 Å². The molecule has 2 aliphatic rings. The summed E-state index contributed by atoms with van der Waals surface area (Å²) >= 11 is 0. The van der Waals surface area contributed by atoms with Crippen molar-refractivity contribution >= 4 is 6.09 Å². The Hall–Kier alpha value is -3.53. The second-order valence-corrected chi connectivity index (χ2v) is 11.1. The number of nitrogens with one attached hydrogen (secondary N) is 1. The summed E-state index contributed by atoms with van der Waals surface area (Å²) in [6.45, 7) is 8.43. The number of carbonyl (C=O) groups is 1. The molecule has 42 heavy (non-hydrogen) atoms. The second-order valence-electron chi connectivity index (χ2n) is 11.1. The summed E-state index contributed by atoms with van der Waals surface area (Å²) < 4.78 is 18.3. The highest BCUT2D eigenvalue weighted by atomic mass is 16.7. The van der Waals surface area contributed by atoms with E-state index in [1.54, 1.807) is 0 Å².